The number of carbonyl (C=O) groups is 1. The molecule has 1 aromatic carbocycles. The van der Waals surface area contributed by atoms with Crippen LogP contribution in [0.4, 0.5) is 37.8 Å². The predicted octanol–water partition coefficient (Wildman–Crippen LogP) is 5.76. The number of rotatable bonds is 6. The molecule has 0 aliphatic carbocycles. The molecule has 0 radical (unpaired) electrons. The van der Waals surface area contributed by atoms with Crippen molar-refractivity contribution >= 4 is 29.0 Å². The average molecular weight is 741 g/mol. The van der Waals surface area contributed by atoms with Gasteiger partial charge in [-0.1, -0.05) is 11.6 Å². The Hall–Kier alpha value is -4.09. The van der Waals surface area contributed by atoms with Crippen LogP contribution in [0.2, 0.25) is 5.02 Å². The topological polar surface area (TPSA) is 115 Å². The van der Waals surface area contributed by atoms with E-state index in [2.05, 4.69) is 10.1 Å². The fourth-order valence-corrected chi connectivity index (χ4v) is 7.87. The summed E-state index contributed by atoms with van der Waals surface area (Å²) >= 11 is 6.72. The highest BCUT2D eigenvalue weighted by Crippen LogP contribution is 2.45. The maximum Gasteiger partial charge on any atom is 0.416 e. The minimum Gasteiger partial charge on any atom is -0.461 e. The molecule has 0 saturated carbocycles. The molecule has 2 saturated heterocycles. The number of alkyl halides is 3. The lowest BCUT2D eigenvalue weighted by atomic mass is 9.93. The Kier molecular flexibility index (Phi) is 9.11. The quantitative estimate of drug-likeness (QED) is 0.249. The molecule has 0 bridgehead atoms. The van der Waals surface area contributed by atoms with Crippen LogP contribution in [0.3, 0.4) is 0 Å². The Bertz CT molecular complexity index is 1920. The van der Waals surface area contributed by atoms with Crippen LogP contribution in [0.15, 0.2) is 23.8 Å². The van der Waals surface area contributed by atoms with Crippen molar-refractivity contribution in [3.05, 3.63) is 68.4 Å². The minimum atomic E-state index is -4.89. The molecular weight excluding hydrogens is 706 g/mol. The van der Waals surface area contributed by atoms with E-state index in [0.717, 1.165) is 18.6 Å². The van der Waals surface area contributed by atoms with Crippen molar-refractivity contribution in [2.24, 2.45) is 0 Å². The molecule has 1 unspecified atom stereocenters. The number of nitrogen functional groups attached to an aromatic ring is 1. The highest BCUT2D eigenvalue weighted by atomic mass is 35.5. The zero-order chi connectivity index (χ0) is 36.4. The first-order valence-electron chi connectivity index (χ1n) is 16.5. The molecular formula is C33H35ClF6N8O3. The zero-order valence-corrected chi connectivity index (χ0v) is 28.6. The van der Waals surface area contributed by atoms with Crippen molar-refractivity contribution in [1.29, 1.82) is 0 Å². The third-order valence-corrected chi connectivity index (χ3v) is 10.5. The number of hydrogen-bond acceptors (Lipinski definition) is 9. The maximum absolute atomic E-state index is 15.4. The molecule has 2 atom stereocenters. The summed E-state index contributed by atoms with van der Waals surface area (Å²) < 4.78 is 98.7. The lowest BCUT2D eigenvalue weighted by Crippen LogP contribution is -2.43. The van der Waals surface area contributed by atoms with Crippen LogP contribution in [0.25, 0.3) is 0 Å². The SMILES string of the molecule is CN(C)C(=O)c1nn2c(c1Cl)CN(c1nc(OCC34CCCN3CC(=C(F)F)C4)nc3c1CO[C@H](c1c(C(F)(F)F)ccc(N)c1F)C3)CCC2. The van der Waals surface area contributed by atoms with Crippen LogP contribution in [-0.2, 0) is 37.0 Å². The van der Waals surface area contributed by atoms with Gasteiger partial charge in [0.2, 0.25) is 0 Å². The summed E-state index contributed by atoms with van der Waals surface area (Å²) in [6.45, 7) is 1.53. The summed E-state index contributed by atoms with van der Waals surface area (Å²) in [5.41, 5.74) is 4.06. The molecule has 0 spiro atoms. The number of benzene rings is 1. The van der Waals surface area contributed by atoms with Gasteiger partial charge in [0.25, 0.3) is 12.0 Å². The van der Waals surface area contributed by atoms with Gasteiger partial charge >= 0.3 is 12.2 Å². The lowest BCUT2D eigenvalue weighted by Gasteiger charge is -2.33. The standard InChI is InChI=1S/C33H35ClF6N8O3/c1-45(2)30(49)27-25(34)22-14-46(8-4-10-48(22)44-27)29-18-15-50-23(24-19(33(38,39)40)5-6-20(41)26(24)35)11-21(18)42-31(43-29)51-16-32-7-3-9-47(32)13-17(12-32)28(36)37/h5-6,23H,3-4,7-16,41H2,1-2H3/t23-,32?/m0/s1. The Balaban J connectivity index is 1.27. The Morgan fingerprint density at radius 1 is 1.16 bits per heavy atom. The van der Waals surface area contributed by atoms with Crippen molar-refractivity contribution in [2.75, 3.05) is 51.0 Å². The summed E-state index contributed by atoms with van der Waals surface area (Å²) in [5, 5.41) is 4.64. The highest BCUT2D eigenvalue weighted by Gasteiger charge is 2.48. The van der Waals surface area contributed by atoms with Gasteiger partial charge in [0.05, 0.1) is 52.5 Å². The molecule has 51 heavy (non-hydrogen) atoms. The monoisotopic (exact) mass is 740 g/mol. The number of fused-ring (bicyclic) bond motifs is 3. The number of ether oxygens (including phenoxy) is 2. The van der Waals surface area contributed by atoms with Gasteiger partial charge in [-0.05, 0) is 44.4 Å². The van der Waals surface area contributed by atoms with Crippen molar-refractivity contribution in [3.8, 4) is 6.01 Å². The fourth-order valence-electron chi connectivity index (χ4n) is 7.59. The number of anilines is 2. The molecule has 7 rings (SSSR count). The molecule has 274 valence electrons. The second kappa shape index (κ2) is 13.2. The lowest BCUT2D eigenvalue weighted by molar-refractivity contribution is -0.140. The number of halogens is 7. The van der Waals surface area contributed by atoms with Crippen molar-refractivity contribution in [3.63, 3.8) is 0 Å². The molecule has 11 nitrogen and oxygen atoms in total. The summed E-state index contributed by atoms with van der Waals surface area (Å²) in [6, 6.07) is 1.48. The van der Waals surface area contributed by atoms with Crippen molar-refractivity contribution in [1.82, 2.24) is 29.5 Å². The number of nitrogens with two attached hydrogens (primary N) is 1. The van der Waals surface area contributed by atoms with Gasteiger partial charge in [-0.25, -0.2) is 4.39 Å². The third-order valence-electron chi connectivity index (χ3n) is 10.1. The van der Waals surface area contributed by atoms with Crippen LogP contribution in [0.1, 0.15) is 70.4 Å². The second-order valence-electron chi connectivity index (χ2n) is 13.6. The molecule has 4 aliphatic heterocycles. The number of aromatic nitrogens is 4. The molecule has 3 aromatic rings. The van der Waals surface area contributed by atoms with Crippen molar-refractivity contribution in [2.45, 2.75) is 69.6 Å². The molecule has 2 N–H and O–H groups in total. The predicted molar refractivity (Wildman–Crippen MR) is 173 cm³/mol. The molecule has 2 aromatic heterocycles. The van der Waals surface area contributed by atoms with E-state index in [1.807, 2.05) is 9.80 Å². The number of carbonyl (C=O) groups excluding carboxylic acids is 1. The first-order chi connectivity index (χ1) is 24.2. The molecule has 6 heterocycles. The van der Waals surface area contributed by atoms with E-state index in [0.29, 0.717) is 49.6 Å². The smallest absolute Gasteiger partial charge is 0.416 e. The van der Waals surface area contributed by atoms with Crippen LogP contribution in [-0.4, -0.2) is 81.3 Å². The first kappa shape index (κ1) is 35.3. The first-order valence-corrected chi connectivity index (χ1v) is 16.8. The summed E-state index contributed by atoms with van der Waals surface area (Å²) in [6.07, 6.45) is -6.15. The van der Waals surface area contributed by atoms with Crippen LogP contribution >= 0.6 is 11.6 Å². The zero-order valence-electron chi connectivity index (χ0n) is 27.8. The van der Waals surface area contributed by atoms with Gasteiger partial charge in [-0.15, -0.1) is 0 Å². The Labute approximate surface area is 293 Å². The number of amides is 1. The third kappa shape index (κ3) is 6.37. The van der Waals surface area contributed by atoms with E-state index in [9.17, 15) is 26.7 Å². The van der Waals surface area contributed by atoms with Gasteiger partial charge in [0, 0.05) is 56.9 Å². The normalized spacial score (nSPS) is 22.0. The molecule has 4 aliphatic rings. The van der Waals surface area contributed by atoms with Gasteiger partial charge in [-0.3, -0.25) is 14.4 Å². The van der Waals surface area contributed by atoms with Crippen LogP contribution in [0.5, 0.6) is 6.01 Å². The van der Waals surface area contributed by atoms with Crippen LogP contribution in [0, 0.1) is 5.82 Å². The minimum absolute atomic E-state index is 0.00138. The maximum atomic E-state index is 15.4. The highest BCUT2D eigenvalue weighted by molar-refractivity contribution is 6.34. The Morgan fingerprint density at radius 3 is 2.67 bits per heavy atom. The largest absolute Gasteiger partial charge is 0.461 e. The average Bonchev–Trinajstić information content (AvgIpc) is 3.68. The van der Waals surface area contributed by atoms with Gasteiger partial charge in [-0.2, -0.15) is 37.0 Å². The molecule has 2 fully saturated rings. The summed E-state index contributed by atoms with van der Waals surface area (Å²) in [5.74, 6) is -1.24. The van der Waals surface area contributed by atoms with Crippen molar-refractivity contribution < 1.29 is 40.6 Å². The summed E-state index contributed by atoms with van der Waals surface area (Å²) in [7, 11) is 3.18. The van der Waals surface area contributed by atoms with E-state index in [-0.39, 0.29) is 73.0 Å². The van der Waals surface area contributed by atoms with E-state index in [1.54, 1.807) is 18.8 Å². The Morgan fingerprint density at radius 2 is 1.94 bits per heavy atom. The number of hydrogen-bond donors (Lipinski definition) is 1. The van der Waals surface area contributed by atoms with Gasteiger partial charge < -0.3 is 25.0 Å². The number of aryl methyl sites for hydroxylation is 1. The summed E-state index contributed by atoms with van der Waals surface area (Å²) in [4.78, 5) is 27.4. The molecule has 1 amide bonds. The van der Waals surface area contributed by atoms with E-state index in [1.165, 1.54) is 4.90 Å². The molecule has 18 heteroatoms. The van der Waals surface area contributed by atoms with E-state index in [4.69, 9.17) is 31.8 Å². The van der Waals surface area contributed by atoms with Gasteiger partial charge in [0.1, 0.15) is 12.4 Å². The second-order valence-corrected chi connectivity index (χ2v) is 14.0. The van der Waals surface area contributed by atoms with E-state index < -0.39 is 46.5 Å². The number of nitrogens with zero attached hydrogens (tertiary/aromatic N) is 7. The van der Waals surface area contributed by atoms with E-state index >= 15 is 4.39 Å². The fraction of sp³-hybridized carbons (Fsp3) is 0.515. The van der Waals surface area contributed by atoms with Crippen LogP contribution < -0.4 is 15.4 Å². The van der Waals surface area contributed by atoms with Gasteiger partial charge in [0.15, 0.2) is 11.5 Å².